The van der Waals surface area contributed by atoms with Gasteiger partial charge in [-0.25, -0.2) is 0 Å². The maximum Gasteiger partial charge on any atom is 0.194 e. The van der Waals surface area contributed by atoms with Gasteiger partial charge in [0.05, 0.1) is 15.5 Å². The van der Waals surface area contributed by atoms with Crippen LogP contribution in [0.1, 0.15) is 108 Å². The van der Waals surface area contributed by atoms with Crippen molar-refractivity contribution in [2.45, 2.75) is 38.5 Å². The highest BCUT2D eigenvalue weighted by molar-refractivity contribution is 7.33. The van der Waals surface area contributed by atoms with E-state index in [-0.39, 0.29) is 22.7 Å². The molecule has 0 N–H and O–H groups in total. The van der Waals surface area contributed by atoms with Crippen LogP contribution in [0.15, 0.2) is 229 Å². The van der Waals surface area contributed by atoms with E-state index in [2.05, 4.69) is 198 Å². The Bertz CT molecular complexity index is 5450. The van der Waals surface area contributed by atoms with Gasteiger partial charge in [0.25, 0.3) is 0 Å². The van der Waals surface area contributed by atoms with Crippen molar-refractivity contribution in [2.75, 3.05) is 0 Å². The van der Waals surface area contributed by atoms with Crippen molar-refractivity contribution >= 4 is 89.6 Å². The zero-order valence-corrected chi connectivity index (χ0v) is 53.3. The Kier molecular flexibility index (Phi) is 13.1. The van der Waals surface area contributed by atoms with Gasteiger partial charge in [0.15, 0.2) is 11.6 Å². The van der Waals surface area contributed by atoms with Crippen LogP contribution in [0.3, 0.4) is 0 Å². The third-order valence-corrected chi connectivity index (χ3v) is 23.6. The number of hydrogen-bond donors (Lipinski definition) is 0. The van der Waals surface area contributed by atoms with Gasteiger partial charge >= 0.3 is 0 Å². The second kappa shape index (κ2) is 21.4. The largest absolute Gasteiger partial charge is 0.289 e. The first-order chi connectivity index (χ1) is 44.8. The Labute approximate surface area is 548 Å². The van der Waals surface area contributed by atoms with E-state index >= 15 is 0 Å². The first-order valence-electron chi connectivity index (χ1n) is 30.1. The van der Waals surface area contributed by atoms with Crippen LogP contribution in [-0.2, 0) is 10.8 Å². The highest BCUT2D eigenvalue weighted by atomic mass is 32.1. The zero-order chi connectivity index (χ0) is 62.9. The monoisotopic (exact) mass is 1250 g/mol. The molecule has 10 heteroatoms. The van der Waals surface area contributed by atoms with Gasteiger partial charge in [-0.15, -0.1) is 45.3 Å². The van der Waals surface area contributed by atoms with Gasteiger partial charge in [-0.3, -0.25) is 9.59 Å². The molecule has 92 heavy (non-hydrogen) atoms. The molecule has 0 saturated carbocycles. The molecule has 0 spiro atoms. The summed E-state index contributed by atoms with van der Waals surface area (Å²) < 4.78 is 2.40. The van der Waals surface area contributed by atoms with Crippen LogP contribution in [0.5, 0.6) is 0 Å². The van der Waals surface area contributed by atoms with Crippen molar-refractivity contribution < 1.29 is 9.59 Å². The second-order valence-electron chi connectivity index (χ2n) is 24.0. The fraction of sp³-hybridized carbons (Fsp3) is 0.0732. The fourth-order valence-corrected chi connectivity index (χ4v) is 19.3. The Balaban J connectivity index is 0.905. The number of thiophene rings is 4. The third kappa shape index (κ3) is 8.23. The van der Waals surface area contributed by atoms with Gasteiger partial charge in [0, 0.05) is 72.9 Å². The lowest BCUT2D eigenvalue weighted by Crippen LogP contribution is -2.30. The third-order valence-electron chi connectivity index (χ3n) is 18.8. The Morgan fingerprint density at radius 3 is 1.29 bits per heavy atom. The molecule has 0 unspecified atom stereocenters. The topological polar surface area (TPSA) is 129 Å². The number of allylic oxidation sites excluding steroid dienone is 6. The lowest BCUT2D eigenvalue weighted by Gasteiger charge is -2.36. The minimum absolute atomic E-state index is 0.0840. The summed E-state index contributed by atoms with van der Waals surface area (Å²) in [5.41, 5.74) is 20.6. The molecule has 0 bridgehead atoms. The highest BCUT2D eigenvalue weighted by Crippen LogP contribution is 2.67. The summed E-state index contributed by atoms with van der Waals surface area (Å²) in [4.78, 5) is 34.2. The SMILES string of the molecule is Cc1ccc(C2(c3ccc(C)cc3)c3cc(-c4ccc(C=C5C(=O)c6ccccc6C5=C(C#N)C#N)s4)ccc3-c3cc4c(cc32)-c2sc3cc(-c5ccc(C=C6C(=O)c7ccccc7C6=C(C#N)C#N)s5)sc3c2C4(c2ccc(C)cc2)c2ccc(C)cc2)cc1. The lowest BCUT2D eigenvalue weighted by atomic mass is 9.65. The smallest absolute Gasteiger partial charge is 0.194 e. The maximum absolute atomic E-state index is 14.1. The van der Waals surface area contributed by atoms with Gasteiger partial charge in [-0.1, -0.05) is 180 Å². The van der Waals surface area contributed by atoms with E-state index in [1.165, 1.54) is 58.8 Å². The number of carbonyl (C=O) groups is 2. The quantitative estimate of drug-likeness (QED) is 0.110. The van der Waals surface area contributed by atoms with Gasteiger partial charge in [0.1, 0.15) is 35.4 Å². The van der Waals surface area contributed by atoms with Gasteiger partial charge < -0.3 is 0 Å². The molecule has 0 aliphatic heterocycles. The van der Waals surface area contributed by atoms with Crippen LogP contribution < -0.4 is 0 Å². The van der Waals surface area contributed by atoms with E-state index in [0.717, 1.165) is 68.9 Å². The number of ketones is 2. The van der Waals surface area contributed by atoms with Crippen LogP contribution >= 0.6 is 45.3 Å². The molecule has 4 aromatic heterocycles. The van der Waals surface area contributed by atoms with Crippen molar-refractivity contribution in [1.29, 1.82) is 21.0 Å². The van der Waals surface area contributed by atoms with E-state index in [1.807, 2.05) is 47.8 Å². The van der Waals surface area contributed by atoms with E-state index < -0.39 is 10.8 Å². The summed E-state index contributed by atoms with van der Waals surface area (Å²) in [7, 11) is 0. The predicted molar refractivity (Wildman–Crippen MR) is 374 cm³/mol. The molecule has 6 nitrogen and oxygen atoms in total. The molecule has 12 aromatic rings. The number of fused-ring (bicyclic) bond motifs is 10. The number of nitriles is 4. The molecule has 0 fully saturated rings. The average Bonchev–Trinajstić information content (AvgIpc) is 1.50. The molecule has 0 amide bonds. The molecule has 4 heterocycles. The summed E-state index contributed by atoms with van der Waals surface area (Å²) in [6, 6.07) is 81.6. The molecule has 4 aliphatic carbocycles. The standard InChI is InChI=1S/C82H48N4O2S4/c1-45-13-22-52(23-14-45)81(53-24-15-46(2)16-25-53)67-35-49(70-33-30-56(89-70)36-65-74(50(41-83)42-84)59-9-5-7-11-61(59)77(65)87)21-32-58(67)63-38-69-64(39-68(63)81)79-76(82(69,54-26-17-47(3)18-27-54)55-28-19-48(4)20-29-55)80-73(92-79)40-72(91-80)71-34-31-57(90-71)37-66-75(51(43-85)44-86)60-10-6-8-12-62(60)78(66)88/h5-40H,1-4H3. The van der Waals surface area contributed by atoms with E-state index in [9.17, 15) is 30.6 Å². The summed E-state index contributed by atoms with van der Waals surface area (Å²) in [6.07, 6.45) is 3.68. The number of Topliss-reactive ketones (excluding diaryl/α,β-unsaturated/α-hetero) is 2. The highest BCUT2D eigenvalue weighted by Gasteiger charge is 2.53. The van der Waals surface area contributed by atoms with Gasteiger partial charge in [-0.2, -0.15) is 21.0 Å². The first-order valence-corrected chi connectivity index (χ1v) is 33.3. The number of nitrogens with zero attached hydrogens (tertiary/aromatic N) is 4. The fourth-order valence-electron chi connectivity index (χ4n) is 14.6. The van der Waals surface area contributed by atoms with Crippen molar-refractivity contribution in [1.82, 2.24) is 0 Å². The van der Waals surface area contributed by atoms with Gasteiger partial charge in [-0.05, 0) is 161 Å². The predicted octanol–water partition coefficient (Wildman–Crippen LogP) is 20.5. The van der Waals surface area contributed by atoms with Crippen LogP contribution in [0.4, 0.5) is 0 Å². The summed E-state index contributed by atoms with van der Waals surface area (Å²) >= 11 is 6.82. The van der Waals surface area contributed by atoms with Crippen LogP contribution in [-0.4, -0.2) is 11.6 Å². The molecule has 16 rings (SSSR count). The van der Waals surface area contributed by atoms with Crippen LogP contribution in [0, 0.1) is 73.0 Å². The number of carbonyl (C=O) groups excluding carboxylic acids is 2. The molecule has 0 saturated heterocycles. The lowest BCUT2D eigenvalue weighted by molar-refractivity contribution is 0.103. The average molecular weight is 1250 g/mol. The molecule has 4 aliphatic rings. The molecule has 8 aromatic carbocycles. The van der Waals surface area contributed by atoms with E-state index in [4.69, 9.17) is 0 Å². The van der Waals surface area contributed by atoms with Crippen molar-refractivity contribution in [3.05, 3.63) is 327 Å². The van der Waals surface area contributed by atoms with Crippen molar-refractivity contribution in [3.63, 3.8) is 0 Å². The normalized spacial score (nSPS) is 15.1. The molecule has 0 atom stereocenters. The van der Waals surface area contributed by atoms with E-state index in [0.29, 0.717) is 44.5 Å². The molecule has 432 valence electrons. The summed E-state index contributed by atoms with van der Waals surface area (Å²) in [5, 5.41) is 40.4. The van der Waals surface area contributed by atoms with Gasteiger partial charge in [0.2, 0.25) is 0 Å². The van der Waals surface area contributed by atoms with Crippen molar-refractivity contribution in [3.8, 4) is 66.0 Å². The Hall–Kier alpha value is -10.9. The number of benzene rings is 8. The summed E-state index contributed by atoms with van der Waals surface area (Å²) in [6.45, 7) is 8.57. The summed E-state index contributed by atoms with van der Waals surface area (Å²) in [5.74, 6) is -0.406. The number of hydrogen-bond acceptors (Lipinski definition) is 10. The van der Waals surface area contributed by atoms with Crippen LogP contribution in [0.25, 0.3) is 74.5 Å². The molecular weight excluding hydrogens is 1200 g/mol. The zero-order valence-electron chi connectivity index (χ0n) is 50.0. The molecule has 0 radical (unpaired) electrons. The Morgan fingerprint density at radius 1 is 0.380 bits per heavy atom. The Morgan fingerprint density at radius 2 is 0.804 bits per heavy atom. The minimum Gasteiger partial charge on any atom is -0.289 e. The maximum atomic E-state index is 14.1. The minimum atomic E-state index is -0.785. The number of rotatable bonds is 8. The first kappa shape index (κ1) is 56.3. The van der Waals surface area contributed by atoms with Crippen molar-refractivity contribution in [2.24, 2.45) is 0 Å². The number of aryl methyl sites for hydroxylation is 4. The second-order valence-corrected chi connectivity index (χ2v) is 28.3. The molecular formula is C82H48N4O2S4. The van der Waals surface area contributed by atoms with E-state index in [1.54, 1.807) is 70.4 Å². The van der Waals surface area contributed by atoms with Crippen LogP contribution in [0.2, 0.25) is 0 Å².